The Morgan fingerprint density at radius 1 is 1.00 bits per heavy atom. The van der Waals surface area contributed by atoms with E-state index >= 15 is 0 Å². The summed E-state index contributed by atoms with van der Waals surface area (Å²) in [6.07, 6.45) is 6.81. The number of nitrogens with zero attached hydrogens (tertiary/aromatic N) is 1. The molecule has 25 heavy (non-hydrogen) atoms. The van der Waals surface area contributed by atoms with Crippen LogP contribution in [0.5, 0.6) is 0 Å². The number of amides is 2. The SMILES string of the molecule is O=C(N=S1NCc2ccccc21)Nc1c2c(cc3c1CCC3)CCC2. The predicted octanol–water partition coefficient (Wildman–Crippen LogP) is 4.08. The van der Waals surface area contributed by atoms with E-state index < -0.39 is 10.9 Å². The minimum Gasteiger partial charge on any atom is -0.305 e. The van der Waals surface area contributed by atoms with Crippen molar-refractivity contribution in [3.05, 3.63) is 58.1 Å². The van der Waals surface area contributed by atoms with Gasteiger partial charge in [0.1, 0.15) is 0 Å². The molecule has 0 radical (unpaired) electrons. The molecule has 4 nitrogen and oxygen atoms in total. The highest BCUT2D eigenvalue weighted by molar-refractivity contribution is 7.86. The van der Waals surface area contributed by atoms with Gasteiger partial charge in [-0.15, -0.1) is 0 Å². The van der Waals surface area contributed by atoms with Crippen LogP contribution in [0.25, 0.3) is 0 Å². The third kappa shape index (κ3) is 2.62. The molecule has 2 aromatic carbocycles. The molecule has 1 heterocycles. The topological polar surface area (TPSA) is 53.5 Å². The van der Waals surface area contributed by atoms with E-state index in [1.54, 1.807) is 0 Å². The van der Waals surface area contributed by atoms with Gasteiger partial charge in [0.25, 0.3) is 0 Å². The molecule has 2 aliphatic carbocycles. The van der Waals surface area contributed by atoms with Crippen molar-refractivity contribution in [1.82, 2.24) is 4.72 Å². The highest BCUT2D eigenvalue weighted by Gasteiger charge is 2.25. The molecule has 1 unspecified atom stereocenters. The minimum absolute atomic E-state index is 0.220. The van der Waals surface area contributed by atoms with Crippen LogP contribution in [-0.4, -0.2) is 6.03 Å². The molecule has 5 heteroatoms. The first-order valence-corrected chi connectivity index (χ1v) is 10.2. The quantitative estimate of drug-likeness (QED) is 0.813. The van der Waals surface area contributed by atoms with Gasteiger partial charge in [0.2, 0.25) is 0 Å². The predicted molar refractivity (Wildman–Crippen MR) is 101 cm³/mol. The Hall–Kier alpha value is -1.98. The number of carbonyl (C=O) groups excluding carboxylic acids is 1. The van der Waals surface area contributed by atoms with Crippen LogP contribution in [0.3, 0.4) is 0 Å². The molecule has 3 aliphatic rings. The van der Waals surface area contributed by atoms with Crippen molar-refractivity contribution in [2.24, 2.45) is 4.36 Å². The van der Waals surface area contributed by atoms with Gasteiger partial charge in [-0.2, -0.15) is 4.36 Å². The van der Waals surface area contributed by atoms with E-state index in [2.05, 4.69) is 32.6 Å². The lowest BCUT2D eigenvalue weighted by Gasteiger charge is -2.15. The van der Waals surface area contributed by atoms with Crippen molar-refractivity contribution in [2.45, 2.75) is 50.0 Å². The van der Waals surface area contributed by atoms with Crippen LogP contribution in [-0.2, 0) is 43.1 Å². The Bertz CT molecular complexity index is 887. The number of carbonyl (C=O) groups is 1. The zero-order valence-corrected chi connectivity index (χ0v) is 14.9. The molecular formula is C20H21N3OS. The third-order valence-corrected chi connectivity index (χ3v) is 7.04. The van der Waals surface area contributed by atoms with Crippen molar-refractivity contribution in [3.63, 3.8) is 0 Å². The molecule has 0 saturated heterocycles. The first-order chi connectivity index (χ1) is 12.3. The maximum atomic E-state index is 12.7. The fourth-order valence-electron chi connectivity index (χ4n) is 4.32. The van der Waals surface area contributed by atoms with E-state index in [1.165, 1.54) is 40.7 Å². The Labute approximate surface area is 150 Å². The van der Waals surface area contributed by atoms with Gasteiger partial charge in [-0.05, 0) is 72.4 Å². The number of anilines is 1. The van der Waals surface area contributed by atoms with E-state index in [4.69, 9.17) is 0 Å². The zero-order valence-electron chi connectivity index (χ0n) is 14.1. The van der Waals surface area contributed by atoms with Crippen molar-refractivity contribution in [2.75, 3.05) is 5.32 Å². The average Bonchev–Trinajstić information content (AvgIpc) is 3.34. The number of benzene rings is 2. The molecule has 128 valence electrons. The Kier molecular flexibility index (Phi) is 3.71. The molecule has 0 aromatic heterocycles. The number of fused-ring (bicyclic) bond motifs is 3. The van der Waals surface area contributed by atoms with E-state index in [9.17, 15) is 4.79 Å². The summed E-state index contributed by atoms with van der Waals surface area (Å²) in [5.74, 6) is 0. The molecule has 0 bridgehead atoms. The van der Waals surface area contributed by atoms with Gasteiger partial charge in [-0.25, -0.2) is 9.52 Å². The van der Waals surface area contributed by atoms with Gasteiger partial charge in [0.05, 0.1) is 0 Å². The van der Waals surface area contributed by atoms with Gasteiger partial charge in [0.15, 0.2) is 0 Å². The number of hydrogen-bond acceptors (Lipinski definition) is 1. The number of hydrogen-bond donors (Lipinski definition) is 2. The van der Waals surface area contributed by atoms with Crippen LogP contribution in [0.4, 0.5) is 10.5 Å². The summed E-state index contributed by atoms with van der Waals surface area (Å²) < 4.78 is 7.77. The fraction of sp³-hybridized carbons (Fsp3) is 0.350. The fourth-order valence-corrected chi connectivity index (χ4v) is 5.74. The summed E-state index contributed by atoms with van der Waals surface area (Å²) in [6, 6.07) is 10.4. The molecule has 0 saturated carbocycles. The van der Waals surface area contributed by atoms with Crippen molar-refractivity contribution in [1.29, 1.82) is 0 Å². The molecule has 1 atom stereocenters. The lowest BCUT2D eigenvalue weighted by Crippen LogP contribution is -2.15. The number of urea groups is 1. The second-order valence-corrected chi connectivity index (χ2v) is 8.45. The largest absolute Gasteiger partial charge is 0.352 e. The van der Waals surface area contributed by atoms with Crippen LogP contribution in [0, 0.1) is 0 Å². The average molecular weight is 351 g/mol. The van der Waals surface area contributed by atoms with Gasteiger partial charge >= 0.3 is 6.03 Å². The lowest BCUT2D eigenvalue weighted by atomic mass is 9.99. The lowest BCUT2D eigenvalue weighted by molar-refractivity contribution is 0.260. The summed E-state index contributed by atoms with van der Waals surface area (Å²) in [5.41, 5.74) is 7.89. The smallest absolute Gasteiger partial charge is 0.305 e. The van der Waals surface area contributed by atoms with Crippen molar-refractivity contribution in [3.8, 4) is 0 Å². The highest BCUT2D eigenvalue weighted by Crippen LogP contribution is 2.38. The van der Waals surface area contributed by atoms with E-state index in [1.807, 2.05) is 12.1 Å². The molecule has 0 spiro atoms. The maximum Gasteiger partial charge on any atom is 0.352 e. The molecule has 0 fully saturated rings. The highest BCUT2D eigenvalue weighted by atomic mass is 32.2. The van der Waals surface area contributed by atoms with Crippen molar-refractivity contribution < 1.29 is 4.79 Å². The van der Waals surface area contributed by atoms with Crippen LogP contribution >= 0.6 is 0 Å². The zero-order chi connectivity index (χ0) is 16.8. The summed E-state index contributed by atoms with van der Waals surface area (Å²) >= 11 is 0. The molecule has 5 rings (SSSR count). The second-order valence-electron chi connectivity index (χ2n) is 6.97. The van der Waals surface area contributed by atoms with Crippen LogP contribution in [0.2, 0.25) is 0 Å². The van der Waals surface area contributed by atoms with E-state index in [0.717, 1.165) is 42.8 Å². The standard InChI is InChI=1S/C20H21N3OS/c24-20(23-25-18-10-2-1-5-15(18)12-21-25)22-19-16-8-3-6-13(16)11-14-7-4-9-17(14)19/h1-2,5,10-11H,3-4,6-9,12H2,(H2,21,22,23,24). The third-order valence-electron chi connectivity index (χ3n) is 5.46. The Morgan fingerprint density at radius 2 is 1.72 bits per heavy atom. The number of nitrogens with one attached hydrogen (secondary N) is 2. The van der Waals surface area contributed by atoms with E-state index in [-0.39, 0.29) is 6.03 Å². The molecule has 1 aliphatic heterocycles. The molecular weight excluding hydrogens is 330 g/mol. The second kappa shape index (κ2) is 6.07. The van der Waals surface area contributed by atoms with Crippen molar-refractivity contribution >= 4 is 22.6 Å². The monoisotopic (exact) mass is 351 g/mol. The van der Waals surface area contributed by atoms with Crippen LogP contribution in [0.1, 0.15) is 40.7 Å². The summed E-state index contributed by atoms with van der Waals surface area (Å²) in [4.78, 5) is 13.8. The van der Waals surface area contributed by atoms with Gasteiger partial charge in [-0.3, -0.25) is 0 Å². The summed E-state index contributed by atoms with van der Waals surface area (Å²) in [7, 11) is -0.540. The molecule has 2 aromatic rings. The van der Waals surface area contributed by atoms with Gasteiger partial charge < -0.3 is 5.32 Å². The molecule has 2 amide bonds. The van der Waals surface area contributed by atoms with Crippen LogP contribution < -0.4 is 10.0 Å². The summed E-state index contributed by atoms with van der Waals surface area (Å²) in [5, 5.41) is 3.16. The minimum atomic E-state index is -0.540. The Morgan fingerprint density at radius 3 is 2.48 bits per heavy atom. The van der Waals surface area contributed by atoms with Gasteiger partial charge in [-0.1, -0.05) is 24.3 Å². The molecule has 2 N–H and O–H groups in total. The Balaban J connectivity index is 1.47. The summed E-state index contributed by atoms with van der Waals surface area (Å²) in [6.45, 7) is 0.784. The van der Waals surface area contributed by atoms with Crippen LogP contribution in [0.15, 0.2) is 39.6 Å². The van der Waals surface area contributed by atoms with Gasteiger partial charge in [0, 0.05) is 28.0 Å². The normalized spacial score (nSPS) is 20.4. The first-order valence-electron chi connectivity index (χ1n) is 9.04. The maximum absolute atomic E-state index is 12.7. The number of rotatable bonds is 1. The first kappa shape index (κ1) is 15.3. The number of aryl methyl sites for hydroxylation is 2. The van der Waals surface area contributed by atoms with E-state index in [0.29, 0.717) is 0 Å².